The topological polar surface area (TPSA) is 169 Å². The maximum absolute atomic E-state index is 12.3. The normalized spacial score (nSPS) is 14.3. The van der Waals surface area contributed by atoms with Crippen molar-refractivity contribution in [2.75, 3.05) is 19.8 Å². The van der Waals surface area contributed by atoms with Gasteiger partial charge in [0, 0.05) is 12.8 Å². The van der Waals surface area contributed by atoms with Crippen LogP contribution in [0.15, 0.2) is 72.9 Å². The van der Waals surface area contributed by atoms with Crippen molar-refractivity contribution in [3.63, 3.8) is 0 Å². The molecule has 0 spiro atoms. The predicted octanol–water partition coefficient (Wildman–Crippen LogP) is 12.9. The Balaban J connectivity index is 3.93. The van der Waals surface area contributed by atoms with Gasteiger partial charge in [-0.1, -0.05) is 189 Å². The second-order valence-electron chi connectivity index (χ2n) is 15.9. The number of aliphatic hydroxyl groups excluding tert-OH is 1. The number of phosphoric ester groups is 1. The van der Waals surface area contributed by atoms with Crippen LogP contribution in [0.5, 0.6) is 0 Å². The zero-order chi connectivity index (χ0) is 45.6. The molecule has 356 valence electrons. The predicted molar refractivity (Wildman–Crippen MR) is 254 cm³/mol. The molecular weight excluding hydrogens is 806 g/mol. The van der Waals surface area contributed by atoms with E-state index in [2.05, 4.69) is 92.1 Å². The summed E-state index contributed by atoms with van der Waals surface area (Å²) in [6.45, 7) is 2.45. The SMILES string of the molecule is CC/C=C\C/C=C\C/C=C\C/C=C\C/C=C\C/C=C\CCCCC(=O)OCC(O)COP(=O)(O)OCC(NC(=O)CCCCCCCCCCCCCCCCCCC)C(=O)O. The van der Waals surface area contributed by atoms with E-state index in [9.17, 15) is 34.1 Å². The standard InChI is InChI=1S/C50H86NO10P/c1-3-5-7-9-11-13-15-17-19-21-22-23-24-26-28-30-32-34-36-38-40-42-49(54)59-43-46(52)44-60-62(57,58)61-45-47(50(55)56)51-48(53)41-39-37-35-33-31-29-27-25-20-18-16-14-12-10-8-6-4-2/h5,7,11,13,17,19,22-23,26,28,32,34,46-47,52H,3-4,6,8-10,12,14-16,18,20-21,24-25,27,29-31,33,35-45H2,1-2H3,(H,51,53)(H,55,56)(H,57,58)/b7-5-,13-11-,19-17-,23-22-,28-26-,34-32-. The lowest BCUT2D eigenvalue weighted by atomic mass is 10.0. The minimum atomic E-state index is -4.77. The van der Waals surface area contributed by atoms with Crippen LogP contribution in [0.1, 0.15) is 194 Å². The Kier molecular flexibility index (Phi) is 42.3. The minimum Gasteiger partial charge on any atom is -0.480 e. The van der Waals surface area contributed by atoms with Crippen LogP contribution in [0.2, 0.25) is 0 Å². The zero-order valence-electron chi connectivity index (χ0n) is 38.6. The number of aliphatic hydroxyl groups is 1. The summed E-state index contributed by atoms with van der Waals surface area (Å²) in [5.74, 6) is -2.42. The third kappa shape index (κ3) is 43.6. The Morgan fingerprint density at radius 2 is 0.935 bits per heavy atom. The number of nitrogens with one attached hydrogen (secondary N) is 1. The van der Waals surface area contributed by atoms with Gasteiger partial charge in [0.1, 0.15) is 12.7 Å². The highest BCUT2D eigenvalue weighted by molar-refractivity contribution is 7.47. The monoisotopic (exact) mass is 892 g/mol. The lowest BCUT2D eigenvalue weighted by molar-refractivity contribution is -0.147. The van der Waals surface area contributed by atoms with Crippen LogP contribution < -0.4 is 5.32 Å². The first kappa shape index (κ1) is 58.9. The van der Waals surface area contributed by atoms with E-state index >= 15 is 0 Å². The largest absolute Gasteiger partial charge is 0.480 e. The molecule has 0 aliphatic carbocycles. The molecule has 62 heavy (non-hydrogen) atoms. The van der Waals surface area contributed by atoms with Gasteiger partial charge >= 0.3 is 19.8 Å². The van der Waals surface area contributed by atoms with Crippen LogP contribution in [-0.2, 0) is 32.7 Å². The fourth-order valence-electron chi connectivity index (χ4n) is 6.32. The van der Waals surface area contributed by atoms with Crippen molar-refractivity contribution in [1.29, 1.82) is 0 Å². The van der Waals surface area contributed by atoms with Crippen LogP contribution in [0, 0.1) is 0 Å². The molecule has 0 aromatic heterocycles. The van der Waals surface area contributed by atoms with Gasteiger partial charge in [-0.15, -0.1) is 0 Å². The fraction of sp³-hybridized carbons (Fsp3) is 0.700. The van der Waals surface area contributed by atoms with Gasteiger partial charge in [0.15, 0.2) is 6.04 Å². The van der Waals surface area contributed by atoms with Crippen LogP contribution in [0.3, 0.4) is 0 Å². The third-order valence-corrected chi connectivity index (χ3v) is 11.0. The smallest absolute Gasteiger partial charge is 0.472 e. The number of allylic oxidation sites excluding steroid dienone is 12. The molecule has 0 bridgehead atoms. The minimum absolute atomic E-state index is 0.143. The lowest BCUT2D eigenvalue weighted by Crippen LogP contribution is -2.43. The zero-order valence-corrected chi connectivity index (χ0v) is 39.5. The number of carboxylic acid groups (broad SMARTS) is 1. The van der Waals surface area contributed by atoms with Gasteiger partial charge in [-0.3, -0.25) is 18.6 Å². The Morgan fingerprint density at radius 3 is 1.39 bits per heavy atom. The first-order valence-electron chi connectivity index (χ1n) is 24.0. The molecule has 12 heteroatoms. The van der Waals surface area contributed by atoms with Gasteiger partial charge in [-0.05, 0) is 64.2 Å². The van der Waals surface area contributed by atoms with Crippen LogP contribution in [0.25, 0.3) is 0 Å². The number of amides is 1. The molecule has 0 aromatic carbocycles. The summed E-state index contributed by atoms with van der Waals surface area (Å²) in [6, 6.07) is -1.55. The second-order valence-corrected chi connectivity index (χ2v) is 17.4. The molecule has 0 rings (SSSR count). The number of ether oxygens (including phenoxy) is 1. The summed E-state index contributed by atoms with van der Waals surface area (Å²) in [5, 5.41) is 21.9. The maximum Gasteiger partial charge on any atom is 0.472 e. The summed E-state index contributed by atoms with van der Waals surface area (Å²) in [4.78, 5) is 46.0. The van der Waals surface area contributed by atoms with E-state index in [1.54, 1.807) is 0 Å². The average Bonchev–Trinajstić information content (AvgIpc) is 3.25. The van der Waals surface area contributed by atoms with Crippen molar-refractivity contribution in [3.05, 3.63) is 72.9 Å². The van der Waals surface area contributed by atoms with Crippen LogP contribution in [-0.4, -0.2) is 64.9 Å². The van der Waals surface area contributed by atoms with Crippen molar-refractivity contribution < 1.29 is 47.8 Å². The van der Waals surface area contributed by atoms with Crippen molar-refractivity contribution in [1.82, 2.24) is 5.32 Å². The van der Waals surface area contributed by atoms with Crippen LogP contribution in [0.4, 0.5) is 0 Å². The third-order valence-electron chi connectivity index (χ3n) is 10.0. The van der Waals surface area contributed by atoms with E-state index in [0.29, 0.717) is 12.8 Å². The van der Waals surface area contributed by atoms with E-state index in [-0.39, 0.29) is 12.8 Å². The van der Waals surface area contributed by atoms with E-state index in [1.165, 1.54) is 83.5 Å². The first-order chi connectivity index (χ1) is 30.1. The fourth-order valence-corrected chi connectivity index (χ4v) is 7.09. The number of rotatable bonds is 44. The quantitative estimate of drug-likeness (QED) is 0.0200. The van der Waals surface area contributed by atoms with Gasteiger partial charge < -0.3 is 25.2 Å². The van der Waals surface area contributed by atoms with E-state index in [4.69, 9.17) is 13.8 Å². The number of hydrogen-bond donors (Lipinski definition) is 4. The summed E-state index contributed by atoms with van der Waals surface area (Å²) >= 11 is 0. The van der Waals surface area contributed by atoms with Crippen molar-refractivity contribution in [3.8, 4) is 0 Å². The van der Waals surface area contributed by atoms with Crippen molar-refractivity contribution >= 4 is 25.7 Å². The number of carbonyl (C=O) groups is 3. The highest BCUT2D eigenvalue weighted by atomic mass is 31.2. The first-order valence-corrected chi connectivity index (χ1v) is 25.5. The van der Waals surface area contributed by atoms with Crippen LogP contribution >= 0.6 is 7.82 Å². The number of phosphoric acid groups is 1. The molecule has 0 aliphatic heterocycles. The number of esters is 1. The van der Waals surface area contributed by atoms with Crippen molar-refractivity contribution in [2.24, 2.45) is 0 Å². The maximum atomic E-state index is 12.3. The molecule has 0 aliphatic rings. The molecule has 3 unspecified atom stereocenters. The Labute approximate surface area is 376 Å². The molecule has 11 nitrogen and oxygen atoms in total. The van der Waals surface area contributed by atoms with Gasteiger partial charge in [-0.2, -0.15) is 0 Å². The second kappa shape index (κ2) is 44.5. The van der Waals surface area contributed by atoms with Gasteiger partial charge in [0.2, 0.25) is 5.91 Å². The molecule has 0 aromatic rings. The molecule has 0 radical (unpaired) electrons. The number of carbonyl (C=O) groups excluding carboxylic acids is 2. The molecule has 4 N–H and O–H groups in total. The number of carboxylic acids is 1. The average molecular weight is 892 g/mol. The molecular formula is C50H86NO10P. The molecule has 3 atom stereocenters. The Hall–Kier alpha value is -3.08. The molecule has 1 amide bonds. The van der Waals surface area contributed by atoms with E-state index < -0.39 is 57.6 Å². The number of hydrogen-bond acceptors (Lipinski definition) is 8. The summed E-state index contributed by atoms with van der Waals surface area (Å²) in [6.07, 6.45) is 53.5. The molecule has 0 fully saturated rings. The van der Waals surface area contributed by atoms with Gasteiger partial charge in [0.05, 0.1) is 13.2 Å². The lowest BCUT2D eigenvalue weighted by Gasteiger charge is -2.18. The van der Waals surface area contributed by atoms with Gasteiger partial charge in [-0.25, -0.2) is 9.36 Å². The molecule has 0 saturated carbocycles. The summed E-state index contributed by atoms with van der Waals surface area (Å²) in [5.41, 5.74) is 0. The van der Waals surface area contributed by atoms with Crippen molar-refractivity contribution in [2.45, 2.75) is 206 Å². The summed E-state index contributed by atoms with van der Waals surface area (Å²) < 4.78 is 26.9. The molecule has 0 saturated heterocycles. The van der Waals surface area contributed by atoms with E-state index in [0.717, 1.165) is 70.6 Å². The number of aliphatic carboxylic acids is 1. The highest BCUT2D eigenvalue weighted by Crippen LogP contribution is 2.43. The molecule has 0 heterocycles. The Bertz CT molecular complexity index is 1320. The van der Waals surface area contributed by atoms with E-state index in [1.807, 2.05) is 0 Å². The summed E-state index contributed by atoms with van der Waals surface area (Å²) in [7, 11) is -4.77. The number of unbranched alkanes of at least 4 members (excludes halogenated alkanes) is 18. The van der Waals surface area contributed by atoms with Gasteiger partial charge in [0.25, 0.3) is 0 Å². The Morgan fingerprint density at radius 1 is 0.532 bits per heavy atom. The highest BCUT2D eigenvalue weighted by Gasteiger charge is 2.28.